The molecular weight excluding hydrogens is 244 g/mol. The molecule has 0 aliphatic heterocycles. The highest BCUT2D eigenvalue weighted by atomic mass is 16.6. The number of rotatable bonds is 4. The summed E-state index contributed by atoms with van der Waals surface area (Å²) in [5.74, 6) is 0. The maximum Gasteiger partial charge on any atom is 0.407 e. The molecule has 6 heteroatoms. The molecule has 0 spiro atoms. The number of hydrogen-bond acceptors (Lipinski definition) is 4. The van der Waals surface area contributed by atoms with Crippen LogP contribution in [0.5, 0.6) is 0 Å². The Balaban J connectivity index is 2.65. The Morgan fingerprint density at radius 1 is 1.47 bits per heavy atom. The van der Waals surface area contributed by atoms with Gasteiger partial charge in [-0.15, -0.1) is 0 Å². The zero-order chi connectivity index (χ0) is 14.7. The fourth-order valence-electron chi connectivity index (χ4n) is 1.61. The lowest BCUT2D eigenvalue weighted by atomic mass is 9.84. The van der Waals surface area contributed by atoms with Gasteiger partial charge in [-0.05, 0) is 26.3 Å². The van der Waals surface area contributed by atoms with Gasteiger partial charge in [-0.25, -0.2) is 4.79 Å². The minimum atomic E-state index is -0.502. The molecule has 108 valence electrons. The van der Waals surface area contributed by atoms with Crippen LogP contribution in [0, 0.1) is 0 Å². The molecule has 0 aromatic carbocycles. The third-order valence-electron chi connectivity index (χ3n) is 2.87. The first-order valence-corrected chi connectivity index (χ1v) is 6.32. The number of aryl methyl sites for hydroxylation is 1. The summed E-state index contributed by atoms with van der Waals surface area (Å²) in [6, 6.07) is 0. The predicted molar refractivity (Wildman–Crippen MR) is 73.9 cm³/mol. The first-order valence-electron chi connectivity index (χ1n) is 6.32. The summed E-state index contributed by atoms with van der Waals surface area (Å²) in [6.45, 7) is 8.29. The van der Waals surface area contributed by atoms with Gasteiger partial charge in [-0.2, -0.15) is 5.10 Å². The van der Waals surface area contributed by atoms with Crippen molar-refractivity contribution in [2.24, 2.45) is 12.8 Å². The van der Waals surface area contributed by atoms with Crippen molar-refractivity contribution < 1.29 is 9.53 Å². The Morgan fingerprint density at radius 2 is 2.11 bits per heavy atom. The van der Waals surface area contributed by atoms with Crippen LogP contribution in [0.15, 0.2) is 12.4 Å². The van der Waals surface area contributed by atoms with E-state index in [1.165, 1.54) is 0 Å². The zero-order valence-electron chi connectivity index (χ0n) is 12.4. The van der Waals surface area contributed by atoms with E-state index in [0.717, 1.165) is 5.56 Å². The van der Waals surface area contributed by atoms with Gasteiger partial charge in [0, 0.05) is 31.7 Å². The van der Waals surface area contributed by atoms with Crippen molar-refractivity contribution in [2.75, 3.05) is 13.1 Å². The van der Waals surface area contributed by atoms with Gasteiger partial charge >= 0.3 is 6.09 Å². The second-order valence-corrected chi connectivity index (χ2v) is 6.02. The maximum atomic E-state index is 11.7. The van der Waals surface area contributed by atoms with Crippen molar-refractivity contribution in [3.05, 3.63) is 18.0 Å². The zero-order valence-corrected chi connectivity index (χ0v) is 12.4. The first kappa shape index (κ1) is 15.5. The van der Waals surface area contributed by atoms with Crippen LogP contribution in [0.1, 0.15) is 33.3 Å². The first-order chi connectivity index (χ1) is 8.66. The van der Waals surface area contributed by atoms with E-state index in [1.54, 1.807) is 10.9 Å². The van der Waals surface area contributed by atoms with Crippen LogP contribution >= 0.6 is 0 Å². The second-order valence-electron chi connectivity index (χ2n) is 6.02. The normalized spacial score (nSPS) is 14.8. The molecule has 1 amide bonds. The summed E-state index contributed by atoms with van der Waals surface area (Å²) >= 11 is 0. The highest BCUT2D eigenvalue weighted by molar-refractivity contribution is 5.67. The number of hydrogen-bond donors (Lipinski definition) is 2. The predicted octanol–water partition coefficient (Wildman–Crippen LogP) is 1.16. The molecule has 1 aromatic heterocycles. The summed E-state index contributed by atoms with van der Waals surface area (Å²) in [7, 11) is 1.85. The van der Waals surface area contributed by atoms with E-state index in [1.807, 2.05) is 40.9 Å². The van der Waals surface area contributed by atoms with Crippen LogP contribution in [0.3, 0.4) is 0 Å². The van der Waals surface area contributed by atoms with Gasteiger partial charge in [-0.1, -0.05) is 6.92 Å². The summed E-state index contributed by atoms with van der Waals surface area (Å²) in [6.07, 6.45) is 3.24. The summed E-state index contributed by atoms with van der Waals surface area (Å²) < 4.78 is 6.93. The molecule has 19 heavy (non-hydrogen) atoms. The van der Waals surface area contributed by atoms with Crippen LogP contribution in [-0.4, -0.2) is 34.6 Å². The van der Waals surface area contributed by atoms with Gasteiger partial charge in [0.1, 0.15) is 5.60 Å². The average Bonchev–Trinajstić information content (AvgIpc) is 2.71. The molecule has 0 saturated carbocycles. The Morgan fingerprint density at radius 3 is 2.53 bits per heavy atom. The Hall–Kier alpha value is -1.56. The molecule has 1 rings (SSSR count). The molecule has 0 saturated heterocycles. The van der Waals surface area contributed by atoms with Crippen LogP contribution in [0.2, 0.25) is 0 Å². The third-order valence-corrected chi connectivity index (χ3v) is 2.87. The lowest BCUT2D eigenvalue weighted by Crippen LogP contribution is -2.45. The van der Waals surface area contributed by atoms with Gasteiger partial charge in [0.05, 0.1) is 6.20 Å². The van der Waals surface area contributed by atoms with Crippen molar-refractivity contribution in [3.8, 4) is 0 Å². The second kappa shape index (κ2) is 5.61. The molecule has 0 bridgehead atoms. The van der Waals surface area contributed by atoms with Gasteiger partial charge in [-0.3, -0.25) is 4.68 Å². The van der Waals surface area contributed by atoms with E-state index >= 15 is 0 Å². The minimum Gasteiger partial charge on any atom is -0.444 e. The minimum absolute atomic E-state index is 0.356. The van der Waals surface area contributed by atoms with Crippen molar-refractivity contribution in [2.45, 2.75) is 38.7 Å². The molecule has 0 radical (unpaired) electrons. The quantitative estimate of drug-likeness (QED) is 0.858. The number of ether oxygens (including phenoxy) is 1. The molecule has 6 nitrogen and oxygen atoms in total. The Kier molecular flexibility index (Phi) is 4.57. The van der Waals surface area contributed by atoms with E-state index in [9.17, 15) is 4.79 Å². The number of aromatic nitrogens is 2. The Labute approximate surface area is 114 Å². The van der Waals surface area contributed by atoms with Crippen LogP contribution in [0.4, 0.5) is 4.79 Å². The molecule has 1 aromatic rings. The topological polar surface area (TPSA) is 82.2 Å². The van der Waals surface area contributed by atoms with Crippen LogP contribution < -0.4 is 11.1 Å². The molecular formula is C13H24N4O2. The molecule has 3 N–H and O–H groups in total. The average molecular weight is 268 g/mol. The highest BCUT2D eigenvalue weighted by Crippen LogP contribution is 2.21. The lowest BCUT2D eigenvalue weighted by molar-refractivity contribution is 0.0516. The fraction of sp³-hybridized carbons (Fsp3) is 0.692. The van der Waals surface area contributed by atoms with Crippen molar-refractivity contribution >= 4 is 6.09 Å². The SMILES string of the molecule is Cn1cc(C(C)(CN)CNC(=O)OC(C)(C)C)cn1. The summed E-state index contributed by atoms with van der Waals surface area (Å²) in [5.41, 5.74) is 5.97. The van der Waals surface area contributed by atoms with E-state index in [4.69, 9.17) is 10.5 Å². The van der Waals surface area contributed by atoms with Gasteiger partial charge in [0.15, 0.2) is 0 Å². The number of nitrogens with one attached hydrogen (secondary N) is 1. The maximum absolute atomic E-state index is 11.7. The number of carbonyl (C=O) groups is 1. The number of amides is 1. The van der Waals surface area contributed by atoms with Crippen LogP contribution in [0.25, 0.3) is 0 Å². The molecule has 1 heterocycles. The van der Waals surface area contributed by atoms with Crippen molar-refractivity contribution in [1.29, 1.82) is 0 Å². The third kappa shape index (κ3) is 4.55. The number of nitrogens with zero attached hydrogens (tertiary/aromatic N) is 2. The van der Waals surface area contributed by atoms with Crippen molar-refractivity contribution in [1.82, 2.24) is 15.1 Å². The fourth-order valence-corrected chi connectivity index (χ4v) is 1.61. The smallest absolute Gasteiger partial charge is 0.407 e. The summed E-state index contributed by atoms with van der Waals surface area (Å²) in [4.78, 5) is 11.7. The summed E-state index contributed by atoms with van der Waals surface area (Å²) in [5, 5.41) is 6.89. The van der Waals surface area contributed by atoms with E-state index in [-0.39, 0.29) is 5.41 Å². The van der Waals surface area contributed by atoms with Gasteiger partial charge in [0.25, 0.3) is 0 Å². The molecule has 1 unspecified atom stereocenters. The Bertz CT molecular complexity index is 436. The largest absolute Gasteiger partial charge is 0.444 e. The van der Waals surface area contributed by atoms with Gasteiger partial charge < -0.3 is 15.8 Å². The molecule has 0 fully saturated rings. The van der Waals surface area contributed by atoms with Crippen molar-refractivity contribution in [3.63, 3.8) is 0 Å². The van der Waals surface area contributed by atoms with E-state index in [0.29, 0.717) is 13.1 Å². The monoisotopic (exact) mass is 268 g/mol. The molecule has 0 aliphatic carbocycles. The standard InChI is InChI=1S/C13H24N4O2/c1-12(2,3)19-11(18)15-9-13(4,8-14)10-6-16-17(5)7-10/h6-7H,8-9,14H2,1-5H3,(H,15,18). The van der Waals surface area contributed by atoms with Gasteiger partial charge in [0.2, 0.25) is 0 Å². The highest BCUT2D eigenvalue weighted by Gasteiger charge is 2.28. The number of alkyl carbamates (subject to hydrolysis) is 1. The lowest BCUT2D eigenvalue weighted by Gasteiger charge is -2.28. The van der Waals surface area contributed by atoms with E-state index < -0.39 is 11.7 Å². The molecule has 1 atom stereocenters. The number of carbonyl (C=O) groups excluding carboxylic acids is 1. The number of nitrogens with two attached hydrogens (primary N) is 1. The van der Waals surface area contributed by atoms with E-state index in [2.05, 4.69) is 10.4 Å². The van der Waals surface area contributed by atoms with Crippen LogP contribution in [-0.2, 0) is 17.2 Å². The molecule has 0 aliphatic rings.